The lowest BCUT2D eigenvalue weighted by Crippen LogP contribution is -2.33. The molecule has 1 atom stereocenters. The summed E-state index contributed by atoms with van der Waals surface area (Å²) >= 11 is 0. The van der Waals surface area contributed by atoms with Crippen molar-refractivity contribution < 1.29 is 4.74 Å². The molecule has 1 saturated heterocycles. The summed E-state index contributed by atoms with van der Waals surface area (Å²) in [6, 6.07) is 7.56. The number of aromatic nitrogens is 2. The zero-order valence-corrected chi connectivity index (χ0v) is 17.0. The first-order chi connectivity index (χ1) is 13.0. The number of ether oxygens (including phenoxy) is 1. The lowest BCUT2D eigenvalue weighted by atomic mass is 10.0. The highest BCUT2D eigenvalue weighted by Crippen LogP contribution is 2.29. The van der Waals surface area contributed by atoms with Gasteiger partial charge in [0, 0.05) is 24.0 Å². The number of likely N-dealkylation sites (tertiary alicyclic amines) is 1. The maximum Gasteiger partial charge on any atom is 0.316 e. The minimum Gasteiger partial charge on any atom is -0.462 e. The van der Waals surface area contributed by atoms with Gasteiger partial charge < -0.3 is 14.5 Å². The predicted molar refractivity (Wildman–Crippen MR) is 109 cm³/mol. The summed E-state index contributed by atoms with van der Waals surface area (Å²) in [4.78, 5) is 14.2. The van der Waals surface area contributed by atoms with Gasteiger partial charge in [-0.1, -0.05) is 12.1 Å². The van der Waals surface area contributed by atoms with Crippen molar-refractivity contribution in [1.29, 1.82) is 0 Å². The number of hydrogen-bond acceptors (Lipinski definition) is 5. The van der Waals surface area contributed by atoms with Gasteiger partial charge in [0.25, 0.3) is 0 Å². The minimum absolute atomic E-state index is 0.483. The lowest BCUT2D eigenvalue weighted by molar-refractivity contribution is 0.187. The fraction of sp³-hybridized carbons (Fsp3) is 0.545. The van der Waals surface area contributed by atoms with Gasteiger partial charge in [0.15, 0.2) is 0 Å². The first kappa shape index (κ1) is 18.2. The third-order valence-corrected chi connectivity index (χ3v) is 6.24. The Morgan fingerprint density at radius 3 is 2.78 bits per heavy atom. The topological polar surface area (TPSA) is 41.5 Å². The van der Waals surface area contributed by atoms with Gasteiger partial charge in [-0.25, -0.2) is 4.98 Å². The summed E-state index contributed by atoms with van der Waals surface area (Å²) in [6.45, 7) is 10.1. The molecule has 0 saturated carbocycles. The van der Waals surface area contributed by atoms with Crippen molar-refractivity contribution >= 4 is 5.69 Å². The van der Waals surface area contributed by atoms with E-state index >= 15 is 0 Å². The number of aryl methyl sites for hydroxylation is 2. The van der Waals surface area contributed by atoms with Crippen LogP contribution in [0.15, 0.2) is 18.2 Å². The van der Waals surface area contributed by atoms with Crippen LogP contribution in [0.3, 0.4) is 0 Å². The zero-order chi connectivity index (χ0) is 19.0. The Morgan fingerprint density at radius 2 is 2.00 bits per heavy atom. The second-order valence-corrected chi connectivity index (χ2v) is 8.00. The van der Waals surface area contributed by atoms with Gasteiger partial charge in [-0.05, 0) is 76.4 Å². The average molecular weight is 367 g/mol. The van der Waals surface area contributed by atoms with Crippen LogP contribution in [0.1, 0.15) is 40.9 Å². The SMILES string of the molecule is Cc1cccc(N2CCc3c(C)nc(OC[C@@H]4CCCN4C)nc3C2)c1C. The molecular formula is C22H30N4O. The Kier molecular flexibility index (Phi) is 5.04. The van der Waals surface area contributed by atoms with Crippen LogP contribution in [-0.2, 0) is 13.0 Å². The van der Waals surface area contributed by atoms with Crippen LogP contribution in [0.5, 0.6) is 6.01 Å². The molecule has 1 aromatic carbocycles. The molecule has 0 aliphatic carbocycles. The molecule has 5 heteroatoms. The molecule has 27 heavy (non-hydrogen) atoms. The largest absolute Gasteiger partial charge is 0.462 e. The quantitative estimate of drug-likeness (QED) is 0.829. The van der Waals surface area contributed by atoms with E-state index in [1.165, 1.54) is 35.2 Å². The standard InChI is InChI=1S/C22H30N4O/c1-15-7-5-9-21(16(15)2)26-12-10-19-17(3)23-22(24-20(19)13-26)27-14-18-8-6-11-25(18)4/h5,7,9,18H,6,8,10-14H2,1-4H3/t18-/m0/s1. The molecule has 2 aromatic rings. The van der Waals surface area contributed by atoms with Crippen molar-refractivity contribution in [3.05, 3.63) is 46.3 Å². The van der Waals surface area contributed by atoms with Crippen LogP contribution >= 0.6 is 0 Å². The molecule has 2 aliphatic heterocycles. The number of benzene rings is 1. The van der Waals surface area contributed by atoms with E-state index in [2.05, 4.69) is 60.8 Å². The normalized spacial score (nSPS) is 20.0. The van der Waals surface area contributed by atoms with Crippen LogP contribution in [0.25, 0.3) is 0 Å². The molecule has 0 amide bonds. The molecule has 4 rings (SSSR count). The highest BCUT2D eigenvalue weighted by Gasteiger charge is 2.24. The van der Waals surface area contributed by atoms with E-state index in [1.807, 2.05) is 0 Å². The van der Waals surface area contributed by atoms with E-state index in [0.29, 0.717) is 18.7 Å². The van der Waals surface area contributed by atoms with Crippen LogP contribution in [0, 0.1) is 20.8 Å². The van der Waals surface area contributed by atoms with Crippen molar-refractivity contribution in [3.63, 3.8) is 0 Å². The van der Waals surface area contributed by atoms with E-state index in [1.54, 1.807) is 0 Å². The Labute approximate surface area is 162 Å². The van der Waals surface area contributed by atoms with E-state index < -0.39 is 0 Å². The number of anilines is 1. The Hall–Kier alpha value is -2.14. The molecule has 2 aliphatic rings. The fourth-order valence-electron chi connectivity index (χ4n) is 4.30. The van der Waals surface area contributed by atoms with Gasteiger partial charge in [-0.3, -0.25) is 0 Å². The number of hydrogen-bond donors (Lipinski definition) is 0. The van der Waals surface area contributed by atoms with Gasteiger partial charge in [0.2, 0.25) is 0 Å². The first-order valence-corrected chi connectivity index (χ1v) is 10.0. The van der Waals surface area contributed by atoms with Gasteiger partial charge in [-0.15, -0.1) is 0 Å². The van der Waals surface area contributed by atoms with Gasteiger partial charge in [0.05, 0.1) is 12.2 Å². The van der Waals surface area contributed by atoms with Crippen molar-refractivity contribution in [2.45, 2.75) is 52.6 Å². The van der Waals surface area contributed by atoms with E-state index in [-0.39, 0.29) is 0 Å². The fourth-order valence-corrected chi connectivity index (χ4v) is 4.30. The third kappa shape index (κ3) is 3.65. The van der Waals surface area contributed by atoms with Crippen LogP contribution in [0.4, 0.5) is 5.69 Å². The molecular weight excluding hydrogens is 336 g/mol. The van der Waals surface area contributed by atoms with Gasteiger partial charge >= 0.3 is 6.01 Å². The molecule has 0 N–H and O–H groups in total. The van der Waals surface area contributed by atoms with Crippen LogP contribution in [0.2, 0.25) is 0 Å². The Balaban J connectivity index is 1.53. The molecule has 0 radical (unpaired) electrons. The molecule has 5 nitrogen and oxygen atoms in total. The summed E-state index contributed by atoms with van der Waals surface area (Å²) in [6.07, 6.45) is 3.43. The first-order valence-electron chi connectivity index (χ1n) is 10.0. The highest BCUT2D eigenvalue weighted by molar-refractivity contribution is 5.57. The smallest absolute Gasteiger partial charge is 0.316 e. The average Bonchev–Trinajstić information content (AvgIpc) is 3.07. The number of nitrogens with zero attached hydrogens (tertiary/aromatic N) is 4. The Bertz CT molecular complexity index is 835. The zero-order valence-electron chi connectivity index (χ0n) is 17.0. The number of rotatable bonds is 4. The summed E-state index contributed by atoms with van der Waals surface area (Å²) in [5.41, 5.74) is 7.48. The van der Waals surface area contributed by atoms with Gasteiger partial charge in [0.1, 0.15) is 6.61 Å². The van der Waals surface area contributed by atoms with E-state index in [9.17, 15) is 0 Å². The van der Waals surface area contributed by atoms with Crippen LogP contribution in [-0.4, -0.2) is 47.7 Å². The van der Waals surface area contributed by atoms with Crippen LogP contribution < -0.4 is 9.64 Å². The summed E-state index contributed by atoms with van der Waals surface area (Å²) in [5, 5.41) is 0. The van der Waals surface area contributed by atoms with Crippen molar-refractivity contribution in [3.8, 4) is 6.01 Å². The molecule has 1 fully saturated rings. The van der Waals surface area contributed by atoms with Gasteiger partial charge in [-0.2, -0.15) is 4.98 Å². The maximum atomic E-state index is 6.01. The highest BCUT2D eigenvalue weighted by atomic mass is 16.5. The predicted octanol–water partition coefficient (Wildman–Crippen LogP) is 3.44. The maximum absolute atomic E-state index is 6.01. The summed E-state index contributed by atoms with van der Waals surface area (Å²) in [7, 11) is 2.17. The number of fused-ring (bicyclic) bond motifs is 1. The lowest BCUT2D eigenvalue weighted by Gasteiger charge is -2.32. The summed E-state index contributed by atoms with van der Waals surface area (Å²) in [5.74, 6) is 0. The molecule has 0 spiro atoms. The van der Waals surface area contributed by atoms with Crippen molar-refractivity contribution in [1.82, 2.24) is 14.9 Å². The number of likely N-dealkylation sites (N-methyl/N-ethyl adjacent to an activating group) is 1. The minimum atomic E-state index is 0.483. The monoisotopic (exact) mass is 366 g/mol. The molecule has 3 heterocycles. The molecule has 144 valence electrons. The third-order valence-electron chi connectivity index (χ3n) is 6.24. The van der Waals surface area contributed by atoms with E-state index in [4.69, 9.17) is 9.72 Å². The van der Waals surface area contributed by atoms with E-state index in [0.717, 1.165) is 37.4 Å². The second-order valence-electron chi connectivity index (χ2n) is 8.00. The molecule has 0 unspecified atom stereocenters. The van der Waals surface area contributed by atoms with Crippen molar-refractivity contribution in [2.75, 3.05) is 31.6 Å². The molecule has 1 aromatic heterocycles. The molecule has 0 bridgehead atoms. The summed E-state index contributed by atoms with van der Waals surface area (Å²) < 4.78 is 6.01. The Morgan fingerprint density at radius 1 is 1.15 bits per heavy atom. The second kappa shape index (κ2) is 7.47. The van der Waals surface area contributed by atoms with Crippen molar-refractivity contribution in [2.24, 2.45) is 0 Å².